The molecular formula is C45H39N3. The Morgan fingerprint density at radius 3 is 1.81 bits per heavy atom. The smallest absolute Gasteiger partial charge is 0.161 e. The van der Waals surface area contributed by atoms with E-state index in [-0.39, 0.29) is 16.7 Å². The van der Waals surface area contributed by atoms with Gasteiger partial charge in [0.1, 0.15) is 0 Å². The molecule has 48 heavy (non-hydrogen) atoms. The molecule has 0 spiro atoms. The zero-order chi connectivity index (χ0) is 33.3. The minimum Gasteiger partial charge on any atom is -0.282 e. The third kappa shape index (κ3) is 5.52. The van der Waals surface area contributed by atoms with Gasteiger partial charge in [0.05, 0.1) is 0 Å². The molecule has 1 aliphatic rings. The van der Waals surface area contributed by atoms with Crippen LogP contribution in [0.2, 0.25) is 0 Å². The first kappa shape index (κ1) is 31.0. The van der Waals surface area contributed by atoms with Gasteiger partial charge in [0.2, 0.25) is 0 Å². The van der Waals surface area contributed by atoms with Gasteiger partial charge in [0.25, 0.3) is 0 Å². The molecule has 3 heteroatoms. The maximum atomic E-state index is 8.69. The van der Waals surface area contributed by atoms with Crippen molar-refractivity contribution in [2.24, 2.45) is 9.98 Å². The molecule has 0 unspecified atom stereocenters. The van der Waals surface area contributed by atoms with Gasteiger partial charge in [-0.1, -0.05) is 173 Å². The average molecular weight is 622 g/mol. The monoisotopic (exact) mass is 621 g/mol. The van der Waals surface area contributed by atoms with Crippen molar-refractivity contribution >= 4 is 17.9 Å². The lowest BCUT2D eigenvalue weighted by molar-refractivity contribution is 0.299. The fourth-order valence-corrected chi connectivity index (χ4v) is 6.87. The van der Waals surface area contributed by atoms with E-state index in [1.54, 1.807) is 0 Å². The minimum absolute atomic E-state index is 0.107. The third-order valence-corrected chi connectivity index (χ3v) is 10.2. The van der Waals surface area contributed by atoms with Crippen molar-refractivity contribution < 1.29 is 0 Å². The highest BCUT2D eigenvalue weighted by atomic mass is 14.9. The van der Waals surface area contributed by atoms with Crippen molar-refractivity contribution in [3.05, 3.63) is 179 Å². The number of nitrogens with zero attached hydrogens (tertiary/aromatic N) is 2. The average Bonchev–Trinajstić information content (AvgIpc) is 3.13. The summed E-state index contributed by atoms with van der Waals surface area (Å²) in [4.78, 5) is 9.60. The predicted octanol–water partition coefficient (Wildman–Crippen LogP) is 11.1. The standard InChI is InChI=1S/C45H39N3/c1-44(2)39-26-16-25-37(31-17-8-5-9-18-31)41(39)38-28-27-34(29-40(38)45(44,3)4)36-24-15-14-23-35(36)30-47-43(33-21-12-7-13-22-33)48-42(46)32-19-10-6-11-20-32/h5-30,46H,1-4H3. The molecule has 0 atom stereocenters. The summed E-state index contributed by atoms with van der Waals surface area (Å²) in [7, 11) is 0. The number of fused-ring (bicyclic) bond motifs is 3. The quantitative estimate of drug-likeness (QED) is 0.147. The number of rotatable bonds is 5. The molecule has 1 aliphatic carbocycles. The Morgan fingerprint density at radius 2 is 1.10 bits per heavy atom. The van der Waals surface area contributed by atoms with E-state index >= 15 is 0 Å². The van der Waals surface area contributed by atoms with Gasteiger partial charge in [-0.3, -0.25) is 5.41 Å². The first-order chi connectivity index (χ1) is 23.3. The SMILES string of the molecule is CC1(C)c2cc(-c3ccccc3C=NC(=NC(=N)c3ccccc3)c3ccccc3)ccc2-c2c(-c3ccccc3)cccc2C1(C)C. The van der Waals surface area contributed by atoms with E-state index in [4.69, 9.17) is 10.4 Å². The molecule has 7 rings (SSSR count). The fourth-order valence-electron chi connectivity index (χ4n) is 6.87. The van der Waals surface area contributed by atoms with Crippen LogP contribution < -0.4 is 0 Å². The summed E-state index contributed by atoms with van der Waals surface area (Å²) in [6.45, 7) is 9.53. The van der Waals surface area contributed by atoms with Gasteiger partial charge in [-0.15, -0.1) is 0 Å². The number of aliphatic imine (C=N–C) groups is 2. The van der Waals surface area contributed by atoms with Crippen LogP contribution in [0.25, 0.3) is 33.4 Å². The number of nitrogens with one attached hydrogen (secondary N) is 1. The Hall–Kier alpha value is -5.67. The van der Waals surface area contributed by atoms with E-state index < -0.39 is 0 Å². The van der Waals surface area contributed by atoms with Crippen molar-refractivity contribution in [2.75, 3.05) is 0 Å². The Bertz CT molecular complexity index is 2170. The topological polar surface area (TPSA) is 48.6 Å². The van der Waals surface area contributed by atoms with Crippen molar-refractivity contribution in [1.82, 2.24) is 0 Å². The van der Waals surface area contributed by atoms with Gasteiger partial charge in [-0.05, 0) is 61.4 Å². The molecule has 0 radical (unpaired) electrons. The van der Waals surface area contributed by atoms with Gasteiger partial charge in [0.15, 0.2) is 11.7 Å². The molecule has 0 bridgehead atoms. The molecule has 1 N–H and O–H groups in total. The Labute approximate surface area is 283 Å². The van der Waals surface area contributed by atoms with E-state index in [1.807, 2.05) is 72.9 Å². The molecular weight excluding hydrogens is 583 g/mol. The third-order valence-electron chi connectivity index (χ3n) is 10.2. The maximum absolute atomic E-state index is 8.69. The van der Waals surface area contributed by atoms with E-state index in [9.17, 15) is 0 Å². The first-order valence-electron chi connectivity index (χ1n) is 16.5. The van der Waals surface area contributed by atoms with Crippen molar-refractivity contribution in [3.63, 3.8) is 0 Å². The Morgan fingerprint density at radius 1 is 0.521 bits per heavy atom. The molecule has 6 aromatic rings. The summed E-state index contributed by atoms with van der Waals surface area (Å²) < 4.78 is 0. The number of hydrogen-bond acceptors (Lipinski definition) is 1. The fraction of sp³-hybridized carbons (Fsp3) is 0.133. The van der Waals surface area contributed by atoms with Crippen LogP contribution in [0, 0.1) is 5.41 Å². The van der Waals surface area contributed by atoms with Crippen LogP contribution in [0.1, 0.15) is 55.5 Å². The van der Waals surface area contributed by atoms with Crippen molar-refractivity contribution in [3.8, 4) is 33.4 Å². The van der Waals surface area contributed by atoms with Gasteiger partial charge < -0.3 is 0 Å². The van der Waals surface area contributed by atoms with Crippen LogP contribution in [-0.2, 0) is 10.8 Å². The van der Waals surface area contributed by atoms with Crippen molar-refractivity contribution in [1.29, 1.82) is 5.41 Å². The van der Waals surface area contributed by atoms with Gasteiger partial charge >= 0.3 is 0 Å². The zero-order valence-corrected chi connectivity index (χ0v) is 27.9. The summed E-state index contributed by atoms with van der Waals surface area (Å²) in [6.07, 6.45) is 1.89. The molecule has 0 heterocycles. The number of benzene rings is 6. The summed E-state index contributed by atoms with van der Waals surface area (Å²) in [5.41, 5.74) is 12.5. The molecule has 0 fully saturated rings. The van der Waals surface area contributed by atoms with E-state index in [2.05, 4.69) is 118 Å². The predicted molar refractivity (Wildman–Crippen MR) is 203 cm³/mol. The largest absolute Gasteiger partial charge is 0.282 e. The summed E-state index contributed by atoms with van der Waals surface area (Å²) in [6, 6.07) is 52.3. The Balaban J connectivity index is 1.34. The number of amidine groups is 2. The highest BCUT2D eigenvalue weighted by Crippen LogP contribution is 2.56. The summed E-state index contributed by atoms with van der Waals surface area (Å²) >= 11 is 0. The molecule has 3 nitrogen and oxygen atoms in total. The molecule has 0 saturated heterocycles. The first-order valence-corrected chi connectivity index (χ1v) is 16.5. The molecule has 0 aliphatic heterocycles. The van der Waals surface area contributed by atoms with Gasteiger partial charge in [0, 0.05) is 22.9 Å². The van der Waals surface area contributed by atoms with E-state index in [0.29, 0.717) is 5.84 Å². The second-order valence-electron chi connectivity index (χ2n) is 13.5. The summed E-state index contributed by atoms with van der Waals surface area (Å²) in [5.74, 6) is 0.673. The minimum atomic E-state index is -0.130. The van der Waals surface area contributed by atoms with Gasteiger partial charge in [-0.2, -0.15) is 0 Å². The van der Waals surface area contributed by atoms with Crippen LogP contribution in [-0.4, -0.2) is 17.9 Å². The van der Waals surface area contributed by atoms with Crippen LogP contribution in [0.15, 0.2) is 162 Å². The second-order valence-corrected chi connectivity index (χ2v) is 13.5. The Kier molecular flexibility index (Phi) is 8.06. The normalized spacial score (nSPS) is 14.7. The highest BCUT2D eigenvalue weighted by Gasteiger charge is 2.46. The highest BCUT2D eigenvalue weighted by molar-refractivity contribution is 6.13. The van der Waals surface area contributed by atoms with Crippen LogP contribution in [0.3, 0.4) is 0 Å². The van der Waals surface area contributed by atoms with Crippen LogP contribution in [0.4, 0.5) is 0 Å². The van der Waals surface area contributed by atoms with E-state index in [1.165, 1.54) is 33.4 Å². The van der Waals surface area contributed by atoms with Crippen molar-refractivity contribution in [2.45, 2.75) is 38.5 Å². The van der Waals surface area contributed by atoms with E-state index in [0.717, 1.165) is 27.8 Å². The maximum Gasteiger partial charge on any atom is 0.161 e. The van der Waals surface area contributed by atoms with Crippen LogP contribution >= 0.6 is 0 Å². The van der Waals surface area contributed by atoms with Crippen LogP contribution in [0.5, 0.6) is 0 Å². The van der Waals surface area contributed by atoms with Gasteiger partial charge in [-0.25, -0.2) is 9.98 Å². The molecule has 234 valence electrons. The lowest BCUT2D eigenvalue weighted by Gasteiger charge is -2.49. The molecule has 0 saturated carbocycles. The lowest BCUT2D eigenvalue weighted by Crippen LogP contribution is -2.43. The molecule has 0 aromatic heterocycles. The summed E-state index contributed by atoms with van der Waals surface area (Å²) in [5, 5.41) is 8.69. The molecule has 6 aromatic carbocycles. The second kappa shape index (κ2) is 12.5. The molecule has 0 amide bonds. The zero-order valence-electron chi connectivity index (χ0n) is 27.9. The number of hydrogen-bond donors (Lipinski definition) is 1. The lowest BCUT2D eigenvalue weighted by atomic mass is 9.54.